The van der Waals surface area contributed by atoms with E-state index in [9.17, 15) is 22.4 Å². The zero-order valence-corrected chi connectivity index (χ0v) is 20.8. The molecule has 1 atom stereocenters. The lowest BCUT2D eigenvalue weighted by molar-refractivity contribution is -0.275. The fraction of sp³-hybridized carbons (Fsp3) is 0.417. The average molecular weight is 561 g/mol. The van der Waals surface area contributed by atoms with Gasteiger partial charge in [-0.15, -0.1) is 0 Å². The van der Waals surface area contributed by atoms with Crippen LogP contribution in [0.1, 0.15) is 28.7 Å². The number of carbonyl (C=O) groups is 1. The van der Waals surface area contributed by atoms with Crippen LogP contribution in [0.4, 0.5) is 17.6 Å². The molecule has 1 unspecified atom stereocenters. The number of fused-ring (bicyclic) bond motifs is 2. The Balaban J connectivity index is 1.24. The molecule has 12 heteroatoms. The van der Waals surface area contributed by atoms with Crippen LogP contribution in [0.2, 0.25) is 10.0 Å². The number of amides is 1. The highest BCUT2D eigenvalue weighted by atomic mass is 35.5. The summed E-state index contributed by atoms with van der Waals surface area (Å²) >= 11 is 13.3. The molecule has 2 aromatic carbocycles. The number of alkyl halides is 3. The maximum atomic E-state index is 14.3. The third-order valence-corrected chi connectivity index (χ3v) is 9.09. The lowest BCUT2D eigenvalue weighted by Gasteiger charge is -2.49. The molecule has 0 N–H and O–H groups in total. The topological polar surface area (TPSA) is 51.1 Å². The van der Waals surface area contributed by atoms with E-state index in [4.69, 9.17) is 32.8 Å². The molecule has 1 amide bonds. The largest absolute Gasteiger partial charge is 0.435 e. The van der Waals surface area contributed by atoms with E-state index in [-0.39, 0.29) is 24.1 Å². The summed E-state index contributed by atoms with van der Waals surface area (Å²) in [5, 5.41) is 2.69. The van der Waals surface area contributed by atoms with Crippen molar-refractivity contribution in [2.24, 2.45) is 11.1 Å². The minimum Gasteiger partial charge on any atom is -0.374 e. The van der Waals surface area contributed by atoms with E-state index in [0.29, 0.717) is 18.7 Å². The predicted molar refractivity (Wildman–Crippen MR) is 127 cm³/mol. The minimum absolute atomic E-state index is 0.0794. The van der Waals surface area contributed by atoms with Crippen LogP contribution in [0.25, 0.3) is 0 Å². The Morgan fingerprint density at radius 1 is 1.14 bits per heavy atom. The number of hydrogen-bond donors (Lipinski definition) is 0. The molecule has 4 aliphatic heterocycles. The molecular formula is C24H18Cl2F4N2O3S. The van der Waals surface area contributed by atoms with E-state index in [1.165, 1.54) is 0 Å². The Kier molecular flexibility index (Phi) is 5.57. The second-order valence-corrected chi connectivity index (χ2v) is 11.4. The molecule has 2 saturated heterocycles. The van der Waals surface area contributed by atoms with Crippen molar-refractivity contribution in [3.8, 4) is 0 Å². The third-order valence-electron chi connectivity index (χ3n) is 7.26. The number of rotatable bonds is 3. The Bertz CT molecular complexity index is 1290. The summed E-state index contributed by atoms with van der Waals surface area (Å²) in [6.45, 7) is 1.21. The van der Waals surface area contributed by atoms with Gasteiger partial charge in [0.2, 0.25) is 5.91 Å². The lowest BCUT2D eigenvalue weighted by atomic mass is 9.82. The molecule has 2 aromatic rings. The van der Waals surface area contributed by atoms with Gasteiger partial charge in [0, 0.05) is 23.5 Å². The van der Waals surface area contributed by atoms with Gasteiger partial charge in [-0.1, -0.05) is 40.5 Å². The SMILES string of the molecule is O=C(C1CSC1)N1CC2(C1)OCc1cc(C3=NOC(c4cc(Cl)c(F)c(Cl)c4)(C(F)(F)F)C3)ccc12. The highest BCUT2D eigenvalue weighted by Gasteiger charge is 2.62. The number of thioether (sulfide) groups is 1. The van der Waals surface area contributed by atoms with Crippen LogP contribution < -0.4 is 0 Å². The summed E-state index contributed by atoms with van der Waals surface area (Å²) in [5.41, 5.74) is -1.56. The minimum atomic E-state index is -4.88. The van der Waals surface area contributed by atoms with E-state index in [1.54, 1.807) is 28.8 Å². The molecule has 36 heavy (non-hydrogen) atoms. The van der Waals surface area contributed by atoms with Crippen LogP contribution in [0, 0.1) is 11.7 Å². The Labute approximate surface area is 217 Å². The molecular weight excluding hydrogens is 543 g/mol. The van der Waals surface area contributed by atoms with Crippen molar-refractivity contribution >= 4 is 46.6 Å². The van der Waals surface area contributed by atoms with Crippen LogP contribution in [0.3, 0.4) is 0 Å². The summed E-state index contributed by atoms with van der Waals surface area (Å²) in [5.74, 6) is 0.922. The molecule has 2 fully saturated rings. The first-order valence-corrected chi connectivity index (χ1v) is 13.1. The van der Waals surface area contributed by atoms with E-state index in [0.717, 1.165) is 34.8 Å². The standard InChI is InChI=1S/C24H18Cl2F4N2O3S/c25-17-4-15(5-18(26)20(17)27)23(24(28,29)30)6-19(31-35-23)12-1-2-16-13(3-12)7-34-22(16)10-32(11-22)21(33)14-8-36-9-14/h1-5,14H,6-11H2. The monoisotopic (exact) mass is 560 g/mol. The second-order valence-electron chi connectivity index (χ2n) is 9.47. The molecule has 190 valence electrons. The maximum absolute atomic E-state index is 14.3. The van der Waals surface area contributed by atoms with Gasteiger partial charge in [-0.3, -0.25) is 4.79 Å². The van der Waals surface area contributed by atoms with Gasteiger partial charge in [0.25, 0.3) is 5.60 Å². The number of likely N-dealkylation sites (tertiary alicyclic amines) is 1. The average Bonchev–Trinajstić information content (AvgIpc) is 3.37. The molecule has 1 spiro atoms. The fourth-order valence-electron chi connectivity index (χ4n) is 5.10. The predicted octanol–water partition coefficient (Wildman–Crippen LogP) is 5.65. The number of halogens is 6. The molecule has 0 saturated carbocycles. The zero-order valence-electron chi connectivity index (χ0n) is 18.5. The van der Waals surface area contributed by atoms with Crippen molar-refractivity contribution in [2.45, 2.75) is 30.4 Å². The van der Waals surface area contributed by atoms with Crippen molar-refractivity contribution in [2.75, 3.05) is 24.6 Å². The highest BCUT2D eigenvalue weighted by molar-refractivity contribution is 8.00. The summed E-state index contributed by atoms with van der Waals surface area (Å²) in [6, 6.07) is 6.97. The highest BCUT2D eigenvalue weighted by Crippen LogP contribution is 2.51. The first-order chi connectivity index (χ1) is 17.0. The van der Waals surface area contributed by atoms with E-state index >= 15 is 0 Å². The summed E-state index contributed by atoms with van der Waals surface area (Å²) in [4.78, 5) is 19.3. The number of nitrogens with zero attached hydrogens (tertiary/aromatic N) is 2. The van der Waals surface area contributed by atoms with Crippen LogP contribution >= 0.6 is 35.0 Å². The quantitative estimate of drug-likeness (QED) is 0.360. The smallest absolute Gasteiger partial charge is 0.374 e. The van der Waals surface area contributed by atoms with E-state index in [2.05, 4.69) is 5.16 Å². The molecule has 5 nitrogen and oxygen atoms in total. The number of carbonyl (C=O) groups excluding carboxylic acids is 1. The Morgan fingerprint density at radius 2 is 1.83 bits per heavy atom. The Morgan fingerprint density at radius 3 is 2.44 bits per heavy atom. The van der Waals surface area contributed by atoms with E-state index < -0.39 is 45.2 Å². The van der Waals surface area contributed by atoms with Crippen LogP contribution in [-0.4, -0.2) is 47.3 Å². The van der Waals surface area contributed by atoms with Gasteiger partial charge in [-0.05, 0) is 34.9 Å². The van der Waals surface area contributed by atoms with Crippen LogP contribution in [0.5, 0.6) is 0 Å². The second kappa shape index (κ2) is 8.24. The van der Waals surface area contributed by atoms with Crippen molar-refractivity contribution in [1.29, 1.82) is 0 Å². The van der Waals surface area contributed by atoms with Crippen molar-refractivity contribution < 1.29 is 31.9 Å². The molecule has 4 heterocycles. The summed E-state index contributed by atoms with van der Waals surface area (Å²) in [7, 11) is 0. The first-order valence-electron chi connectivity index (χ1n) is 11.1. The molecule has 6 rings (SSSR count). The third kappa shape index (κ3) is 3.55. The van der Waals surface area contributed by atoms with Crippen molar-refractivity contribution in [3.63, 3.8) is 0 Å². The normalized spacial score (nSPS) is 24.7. The van der Waals surface area contributed by atoms with E-state index in [1.807, 2.05) is 6.07 Å². The van der Waals surface area contributed by atoms with Gasteiger partial charge in [0.15, 0.2) is 5.82 Å². The van der Waals surface area contributed by atoms with Crippen molar-refractivity contribution in [3.05, 3.63) is 68.4 Å². The molecule has 0 aromatic heterocycles. The molecule has 4 aliphatic rings. The van der Waals surface area contributed by atoms with Gasteiger partial charge < -0.3 is 14.5 Å². The zero-order chi connectivity index (χ0) is 25.5. The summed E-state index contributed by atoms with van der Waals surface area (Å²) in [6.07, 6.45) is -5.52. The maximum Gasteiger partial charge on any atom is 0.435 e. The van der Waals surface area contributed by atoms with Crippen LogP contribution in [-0.2, 0) is 32.2 Å². The molecule has 0 aliphatic carbocycles. The first kappa shape index (κ1) is 24.3. The number of oxime groups is 1. The molecule has 0 radical (unpaired) electrons. The van der Waals surface area contributed by atoms with Gasteiger partial charge >= 0.3 is 6.18 Å². The summed E-state index contributed by atoms with van der Waals surface area (Å²) < 4.78 is 62.8. The lowest BCUT2D eigenvalue weighted by Crippen LogP contribution is -2.63. The van der Waals surface area contributed by atoms with Crippen molar-refractivity contribution in [1.82, 2.24) is 4.90 Å². The van der Waals surface area contributed by atoms with Gasteiger partial charge in [0.1, 0.15) is 5.60 Å². The number of hydrogen-bond acceptors (Lipinski definition) is 5. The number of benzene rings is 2. The fourth-order valence-corrected chi connectivity index (χ4v) is 6.35. The molecule has 0 bridgehead atoms. The van der Waals surface area contributed by atoms with Crippen LogP contribution in [0.15, 0.2) is 35.5 Å². The van der Waals surface area contributed by atoms with Gasteiger partial charge in [-0.25, -0.2) is 4.39 Å². The van der Waals surface area contributed by atoms with Gasteiger partial charge in [-0.2, -0.15) is 24.9 Å². The Hall–Kier alpha value is -2.01. The van der Waals surface area contributed by atoms with Gasteiger partial charge in [0.05, 0.1) is 41.4 Å². The number of ether oxygens (including phenoxy) is 1.